The summed E-state index contributed by atoms with van der Waals surface area (Å²) in [6, 6.07) is 32.7. The van der Waals surface area contributed by atoms with Crippen LogP contribution in [0.25, 0.3) is 0 Å². The van der Waals surface area contributed by atoms with Gasteiger partial charge in [-0.15, -0.1) is 0 Å². The van der Waals surface area contributed by atoms with Gasteiger partial charge < -0.3 is 4.74 Å². The summed E-state index contributed by atoms with van der Waals surface area (Å²) < 4.78 is 6.52. The number of ether oxygens (including phenoxy) is 1. The van der Waals surface area contributed by atoms with Gasteiger partial charge in [0.25, 0.3) is 0 Å². The van der Waals surface area contributed by atoms with E-state index in [1.54, 1.807) is 0 Å². The van der Waals surface area contributed by atoms with Gasteiger partial charge >= 0.3 is 0 Å². The normalized spacial score (nSPS) is 16.4. The van der Waals surface area contributed by atoms with Gasteiger partial charge in [-0.1, -0.05) is 153 Å². The predicted octanol–water partition coefficient (Wildman–Crippen LogP) is 10.6. The minimum absolute atomic E-state index is 0.139. The molecule has 2 aliphatic heterocycles. The average Bonchev–Trinajstić information content (AvgIpc) is 3.41. The van der Waals surface area contributed by atoms with Gasteiger partial charge in [-0.3, -0.25) is 4.99 Å². The Balaban J connectivity index is 1.91. The molecule has 2 aliphatic rings. The van der Waals surface area contributed by atoms with Gasteiger partial charge in [0, 0.05) is 21.8 Å². The highest BCUT2D eigenvalue weighted by Crippen LogP contribution is 2.51. The molecule has 0 saturated carbocycles. The standard InChI is InChI=1S/C40H45NO/c1-37(2,3)34-25-28(26-35(42-34)38(4,5)6)33-27-32(36(41-33)39(7,8)9)40(29-19-13-10-14-20-29,30-21-15-11-16-22-30)31-23-17-12-18-24-31/h10-27H,1-9H3. The summed E-state index contributed by atoms with van der Waals surface area (Å²) in [7, 11) is 0. The van der Waals surface area contributed by atoms with Gasteiger partial charge in [0.1, 0.15) is 11.5 Å². The molecule has 2 heteroatoms. The lowest BCUT2D eigenvalue weighted by atomic mass is 9.61. The third-order valence-corrected chi connectivity index (χ3v) is 8.07. The Morgan fingerprint density at radius 2 is 0.857 bits per heavy atom. The first-order valence-corrected chi connectivity index (χ1v) is 15.1. The lowest BCUT2D eigenvalue weighted by Crippen LogP contribution is -2.38. The number of hydrogen-bond donors (Lipinski definition) is 0. The van der Waals surface area contributed by atoms with E-state index in [4.69, 9.17) is 9.73 Å². The number of rotatable bonds is 4. The first-order valence-electron chi connectivity index (χ1n) is 15.1. The van der Waals surface area contributed by atoms with Crippen molar-refractivity contribution in [3.05, 3.63) is 154 Å². The molecule has 0 N–H and O–H groups in total. The summed E-state index contributed by atoms with van der Waals surface area (Å²) >= 11 is 0. The quantitative estimate of drug-likeness (QED) is 0.293. The van der Waals surface area contributed by atoms with Crippen LogP contribution in [0.2, 0.25) is 0 Å². The Bertz CT molecular complexity index is 1470. The number of aliphatic imine (C=N–C) groups is 1. The summed E-state index contributed by atoms with van der Waals surface area (Å²) in [4.78, 5) is 5.50. The third kappa shape index (κ3) is 5.48. The third-order valence-electron chi connectivity index (χ3n) is 8.07. The minimum Gasteiger partial charge on any atom is -0.465 e. The predicted molar refractivity (Wildman–Crippen MR) is 177 cm³/mol. The molecule has 5 rings (SSSR count). The van der Waals surface area contributed by atoms with Crippen molar-refractivity contribution in [2.75, 3.05) is 0 Å². The Kier molecular flexibility index (Phi) is 7.56. The van der Waals surface area contributed by atoms with E-state index in [2.05, 4.69) is 172 Å². The Hall–Kier alpha value is -3.91. The van der Waals surface area contributed by atoms with E-state index in [1.165, 1.54) is 22.3 Å². The molecule has 0 atom stereocenters. The second kappa shape index (κ2) is 10.7. The van der Waals surface area contributed by atoms with Crippen LogP contribution < -0.4 is 0 Å². The highest BCUT2D eigenvalue weighted by molar-refractivity contribution is 6.10. The molecule has 0 unspecified atom stereocenters. The molecular formula is C40H45NO. The van der Waals surface area contributed by atoms with E-state index in [1.807, 2.05) is 0 Å². The first kappa shape index (κ1) is 29.6. The van der Waals surface area contributed by atoms with E-state index < -0.39 is 5.41 Å². The van der Waals surface area contributed by atoms with Crippen LogP contribution in [0.4, 0.5) is 0 Å². The molecule has 2 heterocycles. The van der Waals surface area contributed by atoms with Crippen molar-refractivity contribution < 1.29 is 4.74 Å². The second-order valence-corrected chi connectivity index (χ2v) is 14.6. The van der Waals surface area contributed by atoms with Gasteiger partial charge in [-0.05, 0) is 40.5 Å². The highest BCUT2D eigenvalue weighted by Gasteiger charge is 2.46. The highest BCUT2D eigenvalue weighted by atomic mass is 16.5. The van der Waals surface area contributed by atoms with Gasteiger partial charge in [-0.2, -0.15) is 0 Å². The van der Waals surface area contributed by atoms with Crippen LogP contribution in [-0.4, -0.2) is 5.71 Å². The SMILES string of the molecule is CC(C)(C)C1=CC(=C2C=C(C(c3ccccc3)(c3ccccc3)c3ccccc3)C(C(C)(C)C)=N2)C=C(C(C)(C)C)O1. The Morgan fingerprint density at radius 1 is 0.476 bits per heavy atom. The largest absolute Gasteiger partial charge is 0.465 e. The van der Waals surface area contributed by atoms with Gasteiger partial charge in [0.15, 0.2) is 0 Å². The van der Waals surface area contributed by atoms with Crippen molar-refractivity contribution in [2.24, 2.45) is 21.2 Å². The molecule has 0 bridgehead atoms. The molecule has 0 spiro atoms. The fourth-order valence-electron chi connectivity index (χ4n) is 5.84. The van der Waals surface area contributed by atoms with Crippen molar-refractivity contribution in [1.29, 1.82) is 0 Å². The van der Waals surface area contributed by atoms with Crippen molar-refractivity contribution in [3.8, 4) is 0 Å². The number of benzene rings is 3. The summed E-state index contributed by atoms with van der Waals surface area (Å²) in [5.74, 6) is 1.93. The maximum atomic E-state index is 6.52. The monoisotopic (exact) mass is 555 g/mol. The fraction of sp³-hybridized carbons (Fsp3) is 0.325. The lowest BCUT2D eigenvalue weighted by molar-refractivity contribution is 0.161. The molecule has 42 heavy (non-hydrogen) atoms. The number of nitrogens with zero attached hydrogens (tertiary/aromatic N) is 1. The molecule has 0 amide bonds. The molecular weight excluding hydrogens is 510 g/mol. The van der Waals surface area contributed by atoms with E-state index in [0.29, 0.717) is 0 Å². The maximum Gasteiger partial charge on any atom is 0.110 e. The van der Waals surface area contributed by atoms with Crippen LogP contribution in [0, 0.1) is 16.2 Å². The zero-order valence-corrected chi connectivity index (χ0v) is 26.7. The summed E-state index contributed by atoms with van der Waals surface area (Å²) in [5, 5.41) is 0. The van der Waals surface area contributed by atoms with Gasteiger partial charge in [0.05, 0.1) is 16.8 Å². The molecule has 216 valence electrons. The summed E-state index contributed by atoms with van der Waals surface area (Å²) in [5.41, 5.74) is 7.02. The minimum atomic E-state index is -0.559. The molecule has 0 fully saturated rings. The molecule has 0 aromatic heterocycles. The van der Waals surface area contributed by atoms with Crippen molar-refractivity contribution in [1.82, 2.24) is 0 Å². The first-order chi connectivity index (χ1) is 19.7. The van der Waals surface area contributed by atoms with Crippen LogP contribution in [-0.2, 0) is 10.2 Å². The smallest absolute Gasteiger partial charge is 0.110 e. The summed E-state index contributed by atoms with van der Waals surface area (Å²) in [6.45, 7) is 20.1. The zero-order valence-electron chi connectivity index (χ0n) is 26.7. The van der Waals surface area contributed by atoms with Crippen LogP contribution in [0.15, 0.2) is 143 Å². The van der Waals surface area contributed by atoms with E-state index in [0.717, 1.165) is 28.5 Å². The van der Waals surface area contributed by atoms with E-state index in [9.17, 15) is 0 Å². The second-order valence-electron chi connectivity index (χ2n) is 14.6. The molecule has 0 aliphatic carbocycles. The maximum absolute atomic E-state index is 6.52. The van der Waals surface area contributed by atoms with Crippen LogP contribution in [0.3, 0.4) is 0 Å². The number of allylic oxidation sites excluding steroid dienone is 7. The zero-order chi connectivity index (χ0) is 30.3. The molecule has 3 aromatic rings. The van der Waals surface area contributed by atoms with Crippen molar-refractivity contribution >= 4 is 5.71 Å². The fourth-order valence-corrected chi connectivity index (χ4v) is 5.84. The molecule has 3 aromatic carbocycles. The Morgan fingerprint density at radius 3 is 1.19 bits per heavy atom. The topological polar surface area (TPSA) is 21.6 Å². The van der Waals surface area contributed by atoms with Crippen LogP contribution >= 0.6 is 0 Å². The van der Waals surface area contributed by atoms with Crippen molar-refractivity contribution in [2.45, 2.75) is 67.7 Å². The van der Waals surface area contributed by atoms with Gasteiger partial charge in [0.2, 0.25) is 0 Å². The van der Waals surface area contributed by atoms with E-state index >= 15 is 0 Å². The van der Waals surface area contributed by atoms with Crippen molar-refractivity contribution in [3.63, 3.8) is 0 Å². The molecule has 0 radical (unpaired) electrons. The van der Waals surface area contributed by atoms with Crippen LogP contribution in [0.1, 0.15) is 79.0 Å². The lowest BCUT2D eigenvalue weighted by Gasteiger charge is -2.40. The molecule has 2 nitrogen and oxygen atoms in total. The van der Waals surface area contributed by atoms with E-state index in [-0.39, 0.29) is 16.2 Å². The van der Waals surface area contributed by atoms with Gasteiger partial charge in [-0.25, -0.2) is 0 Å². The molecule has 0 saturated heterocycles. The van der Waals surface area contributed by atoms with Crippen LogP contribution in [0.5, 0.6) is 0 Å². The number of hydrogen-bond acceptors (Lipinski definition) is 2. The Labute approximate surface area is 253 Å². The summed E-state index contributed by atoms with van der Waals surface area (Å²) in [6.07, 6.45) is 6.74. The average molecular weight is 556 g/mol.